The van der Waals surface area contributed by atoms with Gasteiger partial charge >= 0.3 is 5.63 Å². The van der Waals surface area contributed by atoms with Crippen molar-refractivity contribution in [3.8, 4) is 0 Å². The van der Waals surface area contributed by atoms with Gasteiger partial charge in [0.2, 0.25) is 5.91 Å². The van der Waals surface area contributed by atoms with Gasteiger partial charge in [-0.1, -0.05) is 44.5 Å². The number of nitrogens with one attached hydrogen (secondary N) is 1. The summed E-state index contributed by atoms with van der Waals surface area (Å²) in [6, 6.07) is 9.29. The minimum Gasteiger partial charge on any atom is -0.464 e. The van der Waals surface area contributed by atoms with Crippen LogP contribution in [0.25, 0.3) is 21.9 Å². The highest BCUT2D eigenvalue weighted by atomic mass is 35.5. The maximum atomic E-state index is 12.8. The summed E-state index contributed by atoms with van der Waals surface area (Å²) in [5.41, 5.74) is 4.49. The van der Waals surface area contributed by atoms with Crippen LogP contribution in [0.1, 0.15) is 48.6 Å². The van der Waals surface area contributed by atoms with E-state index in [4.69, 9.17) is 20.4 Å². The van der Waals surface area contributed by atoms with Gasteiger partial charge in [-0.05, 0) is 48.6 Å². The minimum atomic E-state index is -0.502. The predicted molar refractivity (Wildman–Crippen MR) is 127 cm³/mol. The maximum Gasteiger partial charge on any atom is 0.340 e. The first-order chi connectivity index (χ1) is 15.1. The number of carbonyl (C=O) groups excluding carboxylic acids is 1. The van der Waals surface area contributed by atoms with Gasteiger partial charge in [-0.25, -0.2) is 4.79 Å². The van der Waals surface area contributed by atoms with E-state index in [9.17, 15) is 9.59 Å². The molecule has 0 aliphatic heterocycles. The number of furan rings is 1. The van der Waals surface area contributed by atoms with Crippen LogP contribution >= 0.6 is 11.6 Å². The van der Waals surface area contributed by atoms with Crippen LogP contribution in [-0.4, -0.2) is 5.91 Å². The number of fused-ring (bicyclic) bond motifs is 2. The second-order valence-corrected chi connectivity index (χ2v) is 9.67. The highest BCUT2D eigenvalue weighted by molar-refractivity contribution is 6.30. The molecule has 0 unspecified atom stereocenters. The lowest BCUT2D eigenvalue weighted by Crippen LogP contribution is -2.27. The zero-order chi connectivity index (χ0) is 23.2. The zero-order valence-electron chi connectivity index (χ0n) is 18.9. The highest BCUT2D eigenvalue weighted by Gasteiger charge is 2.24. The Bertz CT molecular complexity index is 1410. The minimum absolute atomic E-state index is 0.0563. The third-order valence-electron chi connectivity index (χ3n) is 5.87. The first-order valence-corrected chi connectivity index (χ1v) is 10.9. The van der Waals surface area contributed by atoms with Gasteiger partial charge in [0.1, 0.15) is 11.2 Å². The molecule has 0 aliphatic carbocycles. The second kappa shape index (κ2) is 8.14. The predicted octanol–water partition coefficient (Wildman–Crippen LogP) is 5.97. The number of hydrogen-bond donors (Lipinski definition) is 1. The van der Waals surface area contributed by atoms with Crippen LogP contribution in [0.3, 0.4) is 0 Å². The zero-order valence-corrected chi connectivity index (χ0v) is 19.6. The third kappa shape index (κ3) is 4.05. The van der Waals surface area contributed by atoms with Gasteiger partial charge in [-0.3, -0.25) is 4.79 Å². The summed E-state index contributed by atoms with van der Waals surface area (Å²) in [4.78, 5) is 25.4. The molecule has 0 saturated heterocycles. The van der Waals surface area contributed by atoms with Crippen molar-refractivity contribution >= 4 is 39.4 Å². The molecule has 0 fully saturated rings. The van der Waals surface area contributed by atoms with Gasteiger partial charge in [-0.2, -0.15) is 0 Å². The van der Waals surface area contributed by atoms with Crippen LogP contribution < -0.4 is 10.9 Å². The molecule has 0 bridgehead atoms. The van der Waals surface area contributed by atoms with E-state index in [1.807, 2.05) is 32.0 Å². The largest absolute Gasteiger partial charge is 0.464 e. The number of benzene rings is 2. The van der Waals surface area contributed by atoms with Crippen LogP contribution in [0.5, 0.6) is 0 Å². The first-order valence-electron chi connectivity index (χ1n) is 10.5. The van der Waals surface area contributed by atoms with Gasteiger partial charge in [0, 0.05) is 33.5 Å². The summed E-state index contributed by atoms with van der Waals surface area (Å²) in [6.07, 6.45) is 1.72. The Kier molecular flexibility index (Phi) is 5.63. The lowest BCUT2D eigenvalue weighted by Gasteiger charge is -2.17. The van der Waals surface area contributed by atoms with Crippen molar-refractivity contribution in [2.45, 2.75) is 53.0 Å². The van der Waals surface area contributed by atoms with Gasteiger partial charge in [-0.15, -0.1) is 0 Å². The molecule has 1 amide bonds. The normalized spacial score (nSPS) is 11.9. The van der Waals surface area contributed by atoms with E-state index in [1.54, 1.807) is 18.4 Å². The standard InChI is InChI=1S/C26H26ClNO4/c1-14-18-10-20-21(26(3,4)5)13-31-23(20)15(2)24(18)32-25(30)19(14)11-22(29)28-12-16-7-6-8-17(27)9-16/h6-10,13H,11-12H2,1-5H3,(H,28,29). The monoisotopic (exact) mass is 451 g/mol. The molecule has 0 spiro atoms. The molecule has 6 heteroatoms. The van der Waals surface area contributed by atoms with E-state index >= 15 is 0 Å². The molecule has 1 N–H and O–H groups in total. The maximum absolute atomic E-state index is 12.8. The molecule has 5 nitrogen and oxygen atoms in total. The number of aryl methyl sites for hydroxylation is 2. The molecule has 0 radical (unpaired) electrons. The summed E-state index contributed by atoms with van der Waals surface area (Å²) in [6.45, 7) is 10.5. The second-order valence-electron chi connectivity index (χ2n) is 9.23. The summed E-state index contributed by atoms with van der Waals surface area (Å²) >= 11 is 6.00. The first kappa shape index (κ1) is 22.2. The van der Waals surface area contributed by atoms with Crippen molar-refractivity contribution < 1.29 is 13.6 Å². The molecule has 0 saturated carbocycles. The SMILES string of the molecule is Cc1c(CC(=O)NCc2cccc(Cl)c2)c(=O)oc2c(C)c3occ(C(C)(C)C)c3cc12. The van der Waals surface area contributed by atoms with Gasteiger partial charge in [0.25, 0.3) is 0 Å². The number of halogens is 1. The topological polar surface area (TPSA) is 72.5 Å². The molecule has 2 aromatic carbocycles. The van der Waals surface area contributed by atoms with E-state index in [-0.39, 0.29) is 17.7 Å². The van der Waals surface area contributed by atoms with Crippen molar-refractivity contribution in [2.75, 3.05) is 0 Å². The average molecular weight is 452 g/mol. The molecule has 4 aromatic rings. The Morgan fingerprint density at radius 2 is 1.81 bits per heavy atom. The van der Waals surface area contributed by atoms with Crippen molar-refractivity contribution in [1.82, 2.24) is 5.32 Å². The molecule has 0 aliphatic rings. The van der Waals surface area contributed by atoms with E-state index in [1.165, 1.54) is 0 Å². The van der Waals surface area contributed by atoms with Gasteiger partial charge in [0.15, 0.2) is 0 Å². The summed E-state index contributed by atoms with van der Waals surface area (Å²) < 4.78 is 11.5. The molecule has 32 heavy (non-hydrogen) atoms. The van der Waals surface area contributed by atoms with Gasteiger partial charge in [0.05, 0.1) is 18.2 Å². The van der Waals surface area contributed by atoms with E-state index < -0.39 is 5.63 Å². The van der Waals surface area contributed by atoms with Crippen molar-refractivity contribution in [3.63, 3.8) is 0 Å². The van der Waals surface area contributed by atoms with Crippen molar-refractivity contribution in [2.24, 2.45) is 0 Å². The number of hydrogen-bond acceptors (Lipinski definition) is 4. The van der Waals surface area contributed by atoms with E-state index in [0.717, 1.165) is 38.6 Å². The Balaban J connectivity index is 1.71. The summed E-state index contributed by atoms with van der Waals surface area (Å²) in [7, 11) is 0. The highest BCUT2D eigenvalue weighted by Crippen LogP contribution is 2.37. The molecule has 2 heterocycles. The fourth-order valence-electron chi connectivity index (χ4n) is 4.05. The van der Waals surface area contributed by atoms with E-state index in [2.05, 4.69) is 26.1 Å². The average Bonchev–Trinajstić information content (AvgIpc) is 3.16. The fourth-order valence-corrected chi connectivity index (χ4v) is 4.26. The summed E-state index contributed by atoms with van der Waals surface area (Å²) in [5.74, 6) is -0.254. The van der Waals surface area contributed by atoms with E-state index in [0.29, 0.717) is 22.7 Å². The van der Waals surface area contributed by atoms with Crippen LogP contribution in [0.15, 0.2) is 50.2 Å². The Hall–Kier alpha value is -3.05. The number of rotatable bonds is 4. The Morgan fingerprint density at radius 3 is 2.50 bits per heavy atom. The molecule has 2 aromatic heterocycles. The fraction of sp³-hybridized carbons (Fsp3) is 0.308. The molecule has 166 valence electrons. The quantitative estimate of drug-likeness (QED) is 0.388. The molecular formula is C26H26ClNO4. The van der Waals surface area contributed by atoms with Crippen LogP contribution in [-0.2, 0) is 23.2 Å². The lowest BCUT2D eigenvalue weighted by atomic mass is 9.86. The molecule has 0 atom stereocenters. The van der Waals surface area contributed by atoms with Crippen LogP contribution in [0.4, 0.5) is 0 Å². The smallest absolute Gasteiger partial charge is 0.340 e. The van der Waals surface area contributed by atoms with Crippen LogP contribution in [0, 0.1) is 13.8 Å². The van der Waals surface area contributed by atoms with Crippen molar-refractivity contribution in [1.29, 1.82) is 0 Å². The lowest BCUT2D eigenvalue weighted by molar-refractivity contribution is -0.120. The van der Waals surface area contributed by atoms with Crippen LogP contribution in [0.2, 0.25) is 5.02 Å². The third-order valence-corrected chi connectivity index (χ3v) is 6.10. The molecule has 4 rings (SSSR count). The Labute approximate surface area is 191 Å². The van der Waals surface area contributed by atoms with Gasteiger partial charge < -0.3 is 14.2 Å². The number of amides is 1. The summed E-state index contributed by atoms with van der Waals surface area (Å²) in [5, 5.41) is 5.27. The number of carbonyl (C=O) groups is 1. The molecular weight excluding hydrogens is 426 g/mol. The van der Waals surface area contributed by atoms with Crippen molar-refractivity contribution in [3.05, 3.63) is 79.9 Å². The Morgan fingerprint density at radius 1 is 1.06 bits per heavy atom.